The molecule has 1 aromatic carbocycles. The monoisotopic (exact) mass is 226 g/mol. The molecule has 3 rings (SSSR count). The van der Waals surface area contributed by atoms with Gasteiger partial charge in [0.25, 0.3) is 0 Å². The Labute approximate surface area is 101 Å². The van der Waals surface area contributed by atoms with Gasteiger partial charge in [-0.25, -0.2) is 0 Å². The number of benzene rings is 1. The summed E-state index contributed by atoms with van der Waals surface area (Å²) in [5, 5.41) is 0. The number of ether oxygens (including phenoxy) is 1. The van der Waals surface area contributed by atoms with Crippen LogP contribution in [0.5, 0.6) is 0 Å². The van der Waals surface area contributed by atoms with Crippen molar-refractivity contribution in [2.24, 2.45) is 4.99 Å². The Bertz CT molecular complexity index is 502. The third-order valence-electron chi connectivity index (χ3n) is 3.08. The molecule has 17 heavy (non-hydrogen) atoms. The van der Waals surface area contributed by atoms with Crippen molar-refractivity contribution >= 4 is 12.0 Å². The van der Waals surface area contributed by atoms with Crippen LogP contribution in [0.15, 0.2) is 58.9 Å². The van der Waals surface area contributed by atoms with Crippen LogP contribution in [0, 0.1) is 0 Å². The van der Waals surface area contributed by atoms with E-state index in [1.165, 1.54) is 5.70 Å². The summed E-state index contributed by atoms with van der Waals surface area (Å²) in [7, 11) is 1.70. The molecule has 86 valence electrons. The molecule has 0 aromatic heterocycles. The summed E-state index contributed by atoms with van der Waals surface area (Å²) in [6, 6.07) is 10.5. The standard InChI is InChI=1S/C14H14N2O/c1-17-12-7-8-13-14(9-12)16(10-15-13)11-5-3-2-4-6-11/h2-7,9-10,13H,8H2,1H3. The number of para-hydroxylation sites is 1. The SMILES string of the molecule is COC1=CCC2N=CN(c3ccccc3)C2=C1. The van der Waals surface area contributed by atoms with E-state index in [0.29, 0.717) is 0 Å². The minimum Gasteiger partial charge on any atom is -0.497 e. The highest BCUT2D eigenvalue weighted by atomic mass is 16.5. The molecule has 0 spiro atoms. The van der Waals surface area contributed by atoms with Gasteiger partial charge in [0.1, 0.15) is 5.76 Å². The van der Waals surface area contributed by atoms with Crippen LogP contribution in [0.25, 0.3) is 0 Å². The summed E-state index contributed by atoms with van der Waals surface area (Å²) < 4.78 is 5.29. The number of methoxy groups -OCH3 is 1. The molecule has 1 aliphatic heterocycles. The van der Waals surface area contributed by atoms with Crippen molar-refractivity contribution in [1.29, 1.82) is 0 Å². The smallest absolute Gasteiger partial charge is 0.116 e. The average molecular weight is 226 g/mol. The molecule has 1 aromatic rings. The van der Waals surface area contributed by atoms with Crippen molar-refractivity contribution in [1.82, 2.24) is 0 Å². The molecule has 0 bridgehead atoms. The first kappa shape index (κ1) is 10.1. The molecule has 0 radical (unpaired) electrons. The Hall–Kier alpha value is -2.03. The highest BCUT2D eigenvalue weighted by Crippen LogP contribution is 2.31. The van der Waals surface area contributed by atoms with Crippen LogP contribution in [0.3, 0.4) is 0 Å². The third-order valence-corrected chi connectivity index (χ3v) is 3.08. The van der Waals surface area contributed by atoms with E-state index in [2.05, 4.69) is 34.2 Å². The van der Waals surface area contributed by atoms with Gasteiger partial charge in [-0.15, -0.1) is 0 Å². The number of nitrogens with zero attached hydrogens (tertiary/aromatic N) is 2. The first-order chi connectivity index (χ1) is 8.38. The van der Waals surface area contributed by atoms with Crippen LogP contribution in [0.1, 0.15) is 6.42 Å². The lowest BCUT2D eigenvalue weighted by molar-refractivity contribution is 0.302. The number of fused-ring (bicyclic) bond motifs is 1. The molecular weight excluding hydrogens is 212 g/mol. The Kier molecular flexibility index (Phi) is 2.44. The van der Waals surface area contributed by atoms with Gasteiger partial charge in [0, 0.05) is 11.8 Å². The number of rotatable bonds is 2. The Morgan fingerprint density at radius 1 is 1.29 bits per heavy atom. The molecule has 1 atom stereocenters. The lowest BCUT2D eigenvalue weighted by Gasteiger charge is -2.22. The summed E-state index contributed by atoms with van der Waals surface area (Å²) >= 11 is 0. The molecule has 0 saturated heterocycles. The number of allylic oxidation sites excluding steroid dienone is 1. The molecule has 0 amide bonds. The summed E-state index contributed by atoms with van der Waals surface area (Å²) in [5.41, 5.74) is 2.33. The second-order valence-electron chi connectivity index (χ2n) is 4.10. The molecular formula is C14H14N2O. The molecule has 1 unspecified atom stereocenters. The van der Waals surface area contributed by atoms with E-state index in [4.69, 9.17) is 4.74 Å². The maximum Gasteiger partial charge on any atom is 0.116 e. The largest absolute Gasteiger partial charge is 0.497 e. The summed E-state index contributed by atoms with van der Waals surface area (Å²) in [6.45, 7) is 0. The van der Waals surface area contributed by atoms with Gasteiger partial charge < -0.3 is 9.64 Å². The van der Waals surface area contributed by atoms with E-state index < -0.39 is 0 Å². The van der Waals surface area contributed by atoms with Crippen molar-refractivity contribution in [3.05, 3.63) is 53.9 Å². The van der Waals surface area contributed by atoms with Gasteiger partial charge in [-0.3, -0.25) is 4.99 Å². The van der Waals surface area contributed by atoms with Gasteiger partial charge in [0.2, 0.25) is 0 Å². The fourth-order valence-electron chi connectivity index (χ4n) is 2.18. The van der Waals surface area contributed by atoms with E-state index in [0.717, 1.165) is 17.9 Å². The summed E-state index contributed by atoms with van der Waals surface area (Å²) in [4.78, 5) is 6.64. The van der Waals surface area contributed by atoms with Gasteiger partial charge in [-0.2, -0.15) is 0 Å². The molecule has 0 N–H and O–H groups in total. The van der Waals surface area contributed by atoms with E-state index in [1.54, 1.807) is 7.11 Å². The molecule has 1 aliphatic carbocycles. The van der Waals surface area contributed by atoms with Crippen LogP contribution in [-0.2, 0) is 4.74 Å². The fraction of sp³-hybridized carbons (Fsp3) is 0.214. The number of hydrogen-bond donors (Lipinski definition) is 0. The molecule has 0 fully saturated rings. The number of aliphatic imine (C=N–C) groups is 1. The molecule has 2 aliphatic rings. The first-order valence-electron chi connectivity index (χ1n) is 5.72. The van der Waals surface area contributed by atoms with Crippen LogP contribution < -0.4 is 4.90 Å². The Morgan fingerprint density at radius 2 is 2.12 bits per heavy atom. The van der Waals surface area contributed by atoms with Gasteiger partial charge in [-0.05, 0) is 24.6 Å². The van der Waals surface area contributed by atoms with Crippen molar-refractivity contribution in [2.45, 2.75) is 12.5 Å². The average Bonchev–Trinajstić information content (AvgIpc) is 2.82. The van der Waals surface area contributed by atoms with Crippen LogP contribution >= 0.6 is 0 Å². The number of anilines is 1. The maximum atomic E-state index is 5.29. The predicted molar refractivity (Wildman–Crippen MR) is 69.0 cm³/mol. The molecule has 3 heteroatoms. The van der Waals surface area contributed by atoms with Gasteiger partial charge in [-0.1, -0.05) is 18.2 Å². The van der Waals surface area contributed by atoms with E-state index in [-0.39, 0.29) is 6.04 Å². The number of hydrogen-bond acceptors (Lipinski definition) is 3. The zero-order chi connectivity index (χ0) is 11.7. The minimum absolute atomic E-state index is 0.245. The van der Waals surface area contributed by atoms with Crippen LogP contribution in [0.4, 0.5) is 5.69 Å². The van der Waals surface area contributed by atoms with Gasteiger partial charge in [0.05, 0.1) is 25.2 Å². The Balaban J connectivity index is 1.95. The van der Waals surface area contributed by atoms with Crippen LogP contribution in [0.2, 0.25) is 0 Å². The Morgan fingerprint density at radius 3 is 2.88 bits per heavy atom. The summed E-state index contributed by atoms with van der Waals surface area (Å²) in [5.74, 6) is 0.919. The zero-order valence-corrected chi connectivity index (χ0v) is 9.71. The van der Waals surface area contributed by atoms with Gasteiger partial charge >= 0.3 is 0 Å². The molecule has 3 nitrogen and oxygen atoms in total. The third kappa shape index (κ3) is 1.73. The highest BCUT2D eigenvalue weighted by Gasteiger charge is 2.27. The maximum absolute atomic E-state index is 5.29. The zero-order valence-electron chi connectivity index (χ0n) is 9.71. The van der Waals surface area contributed by atoms with Gasteiger partial charge in [0.15, 0.2) is 0 Å². The first-order valence-corrected chi connectivity index (χ1v) is 5.72. The van der Waals surface area contributed by atoms with Crippen molar-refractivity contribution in [2.75, 3.05) is 12.0 Å². The van der Waals surface area contributed by atoms with Crippen molar-refractivity contribution in [3.63, 3.8) is 0 Å². The van der Waals surface area contributed by atoms with Crippen LogP contribution in [-0.4, -0.2) is 19.5 Å². The predicted octanol–water partition coefficient (Wildman–Crippen LogP) is 2.72. The summed E-state index contributed by atoms with van der Waals surface area (Å²) in [6.07, 6.45) is 6.96. The topological polar surface area (TPSA) is 24.8 Å². The molecule has 1 heterocycles. The van der Waals surface area contributed by atoms with E-state index >= 15 is 0 Å². The van der Waals surface area contributed by atoms with Crippen molar-refractivity contribution < 1.29 is 4.74 Å². The lowest BCUT2D eigenvalue weighted by Crippen LogP contribution is -2.22. The quantitative estimate of drug-likeness (QED) is 0.774. The normalized spacial score (nSPS) is 21.9. The fourth-order valence-corrected chi connectivity index (χ4v) is 2.18. The van der Waals surface area contributed by atoms with Crippen molar-refractivity contribution in [3.8, 4) is 0 Å². The lowest BCUT2D eigenvalue weighted by atomic mass is 10.0. The minimum atomic E-state index is 0.245. The second kappa shape index (κ2) is 4.09. The highest BCUT2D eigenvalue weighted by molar-refractivity contribution is 5.87. The van der Waals surface area contributed by atoms with E-state index in [1.807, 2.05) is 24.5 Å². The van der Waals surface area contributed by atoms with E-state index in [9.17, 15) is 0 Å². The molecule has 0 saturated carbocycles. The second-order valence-corrected chi connectivity index (χ2v) is 4.10.